The Morgan fingerprint density at radius 3 is 2.95 bits per heavy atom. The van der Waals surface area contributed by atoms with E-state index in [1.165, 1.54) is 0 Å². The Bertz CT molecular complexity index is 459. The number of hydrogen-bond acceptors (Lipinski definition) is 5. The molecule has 1 aliphatic heterocycles. The number of amides is 1. The van der Waals surface area contributed by atoms with Gasteiger partial charge in [-0.15, -0.1) is 0 Å². The molecule has 1 saturated heterocycles. The van der Waals surface area contributed by atoms with Crippen molar-refractivity contribution in [1.82, 2.24) is 10.3 Å². The molecule has 0 saturated carbocycles. The molecule has 0 radical (unpaired) electrons. The van der Waals surface area contributed by atoms with Crippen molar-refractivity contribution in [1.29, 1.82) is 0 Å². The lowest BCUT2D eigenvalue weighted by molar-refractivity contribution is -0.124. The maximum absolute atomic E-state index is 11.8. The number of aromatic nitrogens is 1. The molecule has 3 N–H and O–H groups in total. The predicted molar refractivity (Wildman–Crippen MR) is 74.3 cm³/mol. The first kappa shape index (κ1) is 14.7. The van der Waals surface area contributed by atoms with Crippen molar-refractivity contribution in [2.75, 3.05) is 19.8 Å². The smallest absolute Gasteiger partial charge is 0.258 e. The van der Waals surface area contributed by atoms with Crippen LogP contribution in [0, 0.1) is 6.92 Å². The monoisotopic (exact) mass is 279 g/mol. The summed E-state index contributed by atoms with van der Waals surface area (Å²) >= 11 is 0. The molecule has 2 heterocycles. The van der Waals surface area contributed by atoms with Crippen LogP contribution in [0.5, 0.6) is 5.75 Å². The lowest BCUT2D eigenvalue weighted by Crippen LogP contribution is -2.41. The molecule has 1 aromatic heterocycles. The third-order valence-corrected chi connectivity index (χ3v) is 3.21. The third kappa shape index (κ3) is 4.18. The zero-order chi connectivity index (χ0) is 14.4. The molecular weight excluding hydrogens is 258 g/mol. The molecule has 0 bridgehead atoms. The molecule has 0 aromatic carbocycles. The highest BCUT2D eigenvalue weighted by Gasteiger charge is 2.16. The van der Waals surface area contributed by atoms with Gasteiger partial charge in [0.05, 0.1) is 5.69 Å². The summed E-state index contributed by atoms with van der Waals surface area (Å²) in [4.78, 5) is 16.1. The minimum atomic E-state index is -0.125. The maximum atomic E-state index is 11.8. The minimum absolute atomic E-state index is 0.0188. The number of ether oxygens (including phenoxy) is 2. The first-order chi connectivity index (χ1) is 9.69. The van der Waals surface area contributed by atoms with Crippen molar-refractivity contribution >= 4 is 5.91 Å². The Morgan fingerprint density at radius 2 is 2.25 bits per heavy atom. The molecule has 2 rings (SSSR count). The fourth-order valence-electron chi connectivity index (χ4n) is 2.13. The number of carbonyl (C=O) groups excluding carboxylic acids is 1. The molecule has 1 aliphatic rings. The summed E-state index contributed by atoms with van der Waals surface area (Å²) in [6, 6.07) is 3.82. The Morgan fingerprint density at radius 1 is 1.50 bits per heavy atom. The van der Waals surface area contributed by atoms with Crippen molar-refractivity contribution in [3.8, 4) is 5.75 Å². The van der Waals surface area contributed by atoms with Gasteiger partial charge in [-0.25, -0.2) is 0 Å². The second kappa shape index (κ2) is 7.21. The van der Waals surface area contributed by atoms with Gasteiger partial charge in [0.2, 0.25) is 0 Å². The molecule has 6 heteroatoms. The summed E-state index contributed by atoms with van der Waals surface area (Å²) in [5.41, 5.74) is 7.17. The quantitative estimate of drug-likeness (QED) is 0.820. The topological polar surface area (TPSA) is 86.5 Å². The third-order valence-electron chi connectivity index (χ3n) is 3.21. The van der Waals surface area contributed by atoms with E-state index in [2.05, 4.69) is 10.3 Å². The van der Waals surface area contributed by atoms with Gasteiger partial charge in [-0.3, -0.25) is 9.78 Å². The Kier molecular flexibility index (Phi) is 5.31. The summed E-state index contributed by atoms with van der Waals surface area (Å²) in [6.45, 7) is 3.56. The highest BCUT2D eigenvalue weighted by atomic mass is 16.5. The van der Waals surface area contributed by atoms with E-state index in [4.69, 9.17) is 15.2 Å². The molecule has 110 valence electrons. The SMILES string of the molecule is Cc1ccc(OCC(=O)NC2CCOCC2)c(CN)n1. The van der Waals surface area contributed by atoms with Gasteiger partial charge in [0, 0.05) is 31.5 Å². The largest absolute Gasteiger partial charge is 0.482 e. The number of hydrogen-bond donors (Lipinski definition) is 2. The number of nitrogens with one attached hydrogen (secondary N) is 1. The fourth-order valence-corrected chi connectivity index (χ4v) is 2.13. The lowest BCUT2D eigenvalue weighted by Gasteiger charge is -2.23. The summed E-state index contributed by atoms with van der Waals surface area (Å²) in [6.07, 6.45) is 1.71. The van der Waals surface area contributed by atoms with E-state index in [9.17, 15) is 4.79 Å². The van der Waals surface area contributed by atoms with Crippen molar-refractivity contribution in [2.24, 2.45) is 5.73 Å². The normalized spacial score (nSPS) is 15.9. The van der Waals surface area contributed by atoms with Gasteiger partial charge in [0.15, 0.2) is 6.61 Å². The second-order valence-corrected chi connectivity index (χ2v) is 4.84. The highest BCUT2D eigenvalue weighted by Crippen LogP contribution is 2.16. The summed E-state index contributed by atoms with van der Waals surface area (Å²) < 4.78 is 10.7. The van der Waals surface area contributed by atoms with E-state index in [0.717, 1.165) is 18.5 Å². The molecule has 20 heavy (non-hydrogen) atoms. The molecule has 0 aliphatic carbocycles. The minimum Gasteiger partial charge on any atom is -0.482 e. The summed E-state index contributed by atoms with van der Waals surface area (Å²) in [5, 5.41) is 2.94. The number of carbonyl (C=O) groups is 1. The molecule has 0 spiro atoms. The molecule has 0 unspecified atom stereocenters. The van der Waals surface area contributed by atoms with Crippen molar-refractivity contribution in [3.63, 3.8) is 0 Å². The molecule has 1 amide bonds. The fraction of sp³-hybridized carbons (Fsp3) is 0.571. The van der Waals surface area contributed by atoms with Gasteiger partial charge in [0.25, 0.3) is 5.91 Å². The van der Waals surface area contributed by atoms with Gasteiger partial charge in [-0.05, 0) is 31.9 Å². The lowest BCUT2D eigenvalue weighted by atomic mass is 10.1. The van der Waals surface area contributed by atoms with Crippen LogP contribution in [0.1, 0.15) is 24.2 Å². The van der Waals surface area contributed by atoms with Crippen LogP contribution in [0.2, 0.25) is 0 Å². The van der Waals surface area contributed by atoms with E-state index in [1.807, 2.05) is 13.0 Å². The van der Waals surface area contributed by atoms with E-state index < -0.39 is 0 Å². The van der Waals surface area contributed by atoms with Crippen LogP contribution in [0.15, 0.2) is 12.1 Å². The van der Waals surface area contributed by atoms with Crippen LogP contribution in [0.4, 0.5) is 0 Å². The van der Waals surface area contributed by atoms with Crippen LogP contribution < -0.4 is 15.8 Å². The van der Waals surface area contributed by atoms with Crippen molar-refractivity contribution in [3.05, 3.63) is 23.5 Å². The van der Waals surface area contributed by atoms with E-state index >= 15 is 0 Å². The number of nitrogens with two attached hydrogens (primary N) is 1. The molecule has 1 aromatic rings. The van der Waals surface area contributed by atoms with Crippen molar-refractivity contribution < 1.29 is 14.3 Å². The average molecular weight is 279 g/mol. The second-order valence-electron chi connectivity index (χ2n) is 4.84. The maximum Gasteiger partial charge on any atom is 0.258 e. The molecular formula is C14H21N3O3. The van der Waals surface area contributed by atoms with Crippen LogP contribution in [0.3, 0.4) is 0 Å². The Hall–Kier alpha value is -1.66. The van der Waals surface area contributed by atoms with Gasteiger partial charge in [-0.1, -0.05) is 0 Å². The predicted octanol–water partition coefficient (Wildman–Crippen LogP) is 0.523. The molecule has 6 nitrogen and oxygen atoms in total. The van der Waals surface area contributed by atoms with Crippen molar-refractivity contribution in [2.45, 2.75) is 32.4 Å². The van der Waals surface area contributed by atoms with Crippen LogP contribution in [-0.2, 0) is 16.1 Å². The highest BCUT2D eigenvalue weighted by molar-refractivity contribution is 5.77. The number of rotatable bonds is 5. The van der Waals surface area contributed by atoms with E-state index in [1.54, 1.807) is 6.07 Å². The molecule has 1 fully saturated rings. The van der Waals surface area contributed by atoms with E-state index in [0.29, 0.717) is 31.2 Å². The summed E-state index contributed by atoms with van der Waals surface area (Å²) in [7, 11) is 0. The average Bonchev–Trinajstić information content (AvgIpc) is 2.47. The van der Waals surface area contributed by atoms with Gasteiger partial charge < -0.3 is 20.5 Å². The number of pyridine rings is 1. The number of nitrogens with zero attached hydrogens (tertiary/aromatic N) is 1. The van der Waals surface area contributed by atoms with Crippen LogP contribution in [0.25, 0.3) is 0 Å². The first-order valence-electron chi connectivity index (χ1n) is 6.85. The molecule has 0 atom stereocenters. The Labute approximate surface area is 118 Å². The Balaban J connectivity index is 1.83. The number of aryl methyl sites for hydroxylation is 1. The standard InChI is InChI=1S/C14H21N3O3/c1-10-2-3-13(12(8-15)16-10)20-9-14(18)17-11-4-6-19-7-5-11/h2-3,11H,4-9,15H2,1H3,(H,17,18). The van der Waals surface area contributed by atoms with Crippen LogP contribution in [-0.4, -0.2) is 36.8 Å². The van der Waals surface area contributed by atoms with Gasteiger partial charge in [0.1, 0.15) is 5.75 Å². The zero-order valence-corrected chi connectivity index (χ0v) is 11.7. The van der Waals surface area contributed by atoms with E-state index in [-0.39, 0.29) is 18.6 Å². The van der Waals surface area contributed by atoms with Gasteiger partial charge >= 0.3 is 0 Å². The van der Waals surface area contributed by atoms with Crippen LogP contribution >= 0.6 is 0 Å². The zero-order valence-electron chi connectivity index (χ0n) is 11.7. The van der Waals surface area contributed by atoms with Gasteiger partial charge in [-0.2, -0.15) is 0 Å². The first-order valence-corrected chi connectivity index (χ1v) is 6.85. The summed E-state index contributed by atoms with van der Waals surface area (Å²) in [5.74, 6) is 0.445.